The molecule has 4 aliphatic rings. The number of likely N-dealkylation sites (tertiary alicyclic amines) is 1. The monoisotopic (exact) mass is 726 g/mol. The molecule has 2 heterocycles. The fraction of sp³-hybridized carbons (Fsp3) is 0.763. The molecule has 1 aromatic rings. The summed E-state index contributed by atoms with van der Waals surface area (Å²) in [7, 11) is 0. The lowest BCUT2D eigenvalue weighted by Crippen LogP contribution is -2.60. The van der Waals surface area contributed by atoms with Crippen molar-refractivity contribution < 1.29 is 38.0 Å². The van der Waals surface area contributed by atoms with Crippen LogP contribution < -0.4 is 26.0 Å². The van der Waals surface area contributed by atoms with Gasteiger partial charge in [0.1, 0.15) is 23.7 Å². The highest BCUT2D eigenvalue weighted by molar-refractivity contribution is 6.38. The number of amides is 5. The van der Waals surface area contributed by atoms with E-state index in [-0.39, 0.29) is 47.3 Å². The van der Waals surface area contributed by atoms with Gasteiger partial charge in [0.15, 0.2) is 0 Å². The lowest BCUT2D eigenvalue weighted by molar-refractivity contribution is -0.145. The molecule has 4 fully saturated rings. The van der Waals surface area contributed by atoms with Gasteiger partial charge in [-0.3, -0.25) is 28.8 Å². The van der Waals surface area contributed by atoms with Crippen molar-refractivity contribution in [3.8, 4) is 5.88 Å². The number of nitrogens with one attached hydrogen (secondary N) is 4. The summed E-state index contributed by atoms with van der Waals surface area (Å²) in [6, 6.07) is -2.33. The van der Waals surface area contributed by atoms with Gasteiger partial charge in [-0.25, -0.2) is 0 Å². The van der Waals surface area contributed by atoms with E-state index in [9.17, 15) is 28.8 Å². The molecule has 1 aromatic heterocycles. The fourth-order valence-corrected chi connectivity index (χ4v) is 8.07. The standard InChI is InChI=1S/C38H58N6O8/c1-7-12-26(32(45)36(49)39-24-17-18-24)40-35(48)31-25-16-11-15-23(25)20-44(31)37(50)29(21(2)3)41-34(47)30(22-13-9-8-10-14-22)42-33(46)27-19-28(43-52-27)51-38(4,5)6/h19,21-26,29-31H,7-18,20H2,1-6H3,(H,39,49)(H,40,48)(H,41,47)(H,42,46)/t23-,25-,26-,29-,30-,31-/m0/s1. The summed E-state index contributed by atoms with van der Waals surface area (Å²) >= 11 is 0. The maximum atomic E-state index is 14.5. The SMILES string of the molecule is CCC[C@H](NC(=O)[C@@H]1[C@H]2CCC[C@H]2CN1C(=O)[C@@H](NC(=O)[C@@H](NC(=O)c1cc(OC(C)(C)C)no1)C1CCCCC1)C(C)C)C(=O)C(=O)NC1CC1. The molecule has 0 unspecified atom stereocenters. The molecule has 4 N–H and O–H groups in total. The second-order valence-corrected chi connectivity index (χ2v) is 16.6. The Morgan fingerprint density at radius 2 is 1.65 bits per heavy atom. The van der Waals surface area contributed by atoms with Gasteiger partial charge in [0.05, 0.1) is 12.1 Å². The van der Waals surface area contributed by atoms with Crippen molar-refractivity contribution in [2.45, 2.75) is 154 Å². The first-order valence-corrected chi connectivity index (χ1v) is 19.4. The minimum Gasteiger partial charge on any atom is -0.470 e. The highest BCUT2D eigenvalue weighted by Crippen LogP contribution is 2.43. The molecule has 0 aromatic carbocycles. The normalized spacial score (nSPS) is 23.7. The Bertz CT molecular complexity index is 1480. The smallest absolute Gasteiger partial charge is 0.290 e. The Labute approximate surface area is 306 Å². The van der Waals surface area contributed by atoms with Crippen molar-refractivity contribution >= 4 is 35.3 Å². The molecule has 6 atom stereocenters. The maximum Gasteiger partial charge on any atom is 0.290 e. The predicted octanol–water partition coefficient (Wildman–Crippen LogP) is 3.43. The zero-order valence-electron chi connectivity index (χ0n) is 31.6. The predicted molar refractivity (Wildman–Crippen MR) is 191 cm³/mol. The third-order valence-corrected chi connectivity index (χ3v) is 10.8. The summed E-state index contributed by atoms with van der Waals surface area (Å²) in [5.41, 5.74) is -0.554. The second kappa shape index (κ2) is 16.8. The van der Waals surface area contributed by atoms with Gasteiger partial charge in [-0.1, -0.05) is 52.9 Å². The molecule has 3 saturated carbocycles. The van der Waals surface area contributed by atoms with E-state index in [1.165, 1.54) is 6.07 Å². The molecule has 0 spiro atoms. The van der Waals surface area contributed by atoms with Crippen LogP contribution in [-0.2, 0) is 24.0 Å². The van der Waals surface area contributed by atoms with Crippen molar-refractivity contribution in [2.24, 2.45) is 23.7 Å². The molecule has 0 radical (unpaired) electrons. The van der Waals surface area contributed by atoms with E-state index in [1.54, 1.807) is 4.90 Å². The largest absolute Gasteiger partial charge is 0.470 e. The number of nitrogens with zero attached hydrogens (tertiary/aromatic N) is 2. The van der Waals surface area contributed by atoms with E-state index in [4.69, 9.17) is 9.26 Å². The molecule has 1 aliphatic heterocycles. The second-order valence-electron chi connectivity index (χ2n) is 16.6. The summed E-state index contributed by atoms with van der Waals surface area (Å²) in [6.07, 6.45) is 9.47. The van der Waals surface area contributed by atoms with Crippen molar-refractivity contribution in [1.29, 1.82) is 0 Å². The number of hydrogen-bond donors (Lipinski definition) is 4. The molecule has 3 aliphatic carbocycles. The van der Waals surface area contributed by atoms with E-state index in [1.807, 2.05) is 41.5 Å². The van der Waals surface area contributed by atoms with Gasteiger partial charge in [0.25, 0.3) is 17.7 Å². The number of Topliss-reactive ketones (excluding diaryl/α,β-unsaturated/α-hetero) is 1. The van der Waals surface area contributed by atoms with Crippen LogP contribution >= 0.6 is 0 Å². The first-order valence-electron chi connectivity index (χ1n) is 19.4. The van der Waals surface area contributed by atoms with Crippen LogP contribution in [0, 0.1) is 23.7 Å². The number of ether oxygens (including phenoxy) is 1. The molecule has 1 saturated heterocycles. The Balaban J connectivity index is 1.32. The number of ketones is 1. The van der Waals surface area contributed by atoms with E-state index in [0.717, 1.165) is 64.2 Å². The van der Waals surface area contributed by atoms with Gasteiger partial charge in [0.2, 0.25) is 29.3 Å². The van der Waals surface area contributed by atoms with Crippen molar-refractivity contribution in [2.75, 3.05) is 6.54 Å². The molecule has 288 valence electrons. The van der Waals surface area contributed by atoms with Crippen LogP contribution in [0.2, 0.25) is 0 Å². The Kier molecular flexibility index (Phi) is 12.7. The van der Waals surface area contributed by atoms with Crippen LogP contribution in [0.1, 0.15) is 129 Å². The number of rotatable bonds is 15. The van der Waals surface area contributed by atoms with Gasteiger partial charge in [-0.15, -0.1) is 0 Å². The van der Waals surface area contributed by atoms with Crippen LogP contribution in [0.5, 0.6) is 5.88 Å². The van der Waals surface area contributed by atoms with Gasteiger partial charge in [-0.2, -0.15) is 0 Å². The van der Waals surface area contributed by atoms with Crippen molar-refractivity contribution in [3.63, 3.8) is 0 Å². The van der Waals surface area contributed by atoms with Crippen molar-refractivity contribution in [1.82, 2.24) is 31.3 Å². The number of hydrogen-bond acceptors (Lipinski definition) is 9. The Hall–Kier alpha value is -3.97. The van der Waals surface area contributed by atoms with Crippen LogP contribution in [0.3, 0.4) is 0 Å². The summed E-state index contributed by atoms with van der Waals surface area (Å²) in [4.78, 5) is 83.5. The van der Waals surface area contributed by atoms with Gasteiger partial charge in [-0.05, 0) is 94.5 Å². The lowest BCUT2D eigenvalue weighted by Gasteiger charge is -2.35. The average molecular weight is 727 g/mol. The average Bonchev–Trinajstić information content (AvgIpc) is 3.42. The lowest BCUT2D eigenvalue weighted by atomic mass is 9.83. The number of aromatic nitrogens is 1. The number of carbonyl (C=O) groups excluding carboxylic acids is 6. The molecule has 14 nitrogen and oxygen atoms in total. The van der Waals surface area contributed by atoms with Gasteiger partial charge < -0.3 is 35.4 Å². The van der Waals surface area contributed by atoms with E-state index < -0.39 is 59.2 Å². The highest BCUT2D eigenvalue weighted by Gasteiger charge is 2.51. The molecular weight excluding hydrogens is 668 g/mol. The first kappa shape index (κ1) is 39.2. The molecule has 14 heteroatoms. The maximum absolute atomic E-state index is 14.5. The van der Waals surface area contributed by atoms with E-state index in [0.29, 0.717) is 19.4 Å². The summed E-state index contributed by atoms with van der Waals surface area (Å²) in [5.74, 6) is -3.68. The fourth-order valence-electron chi connectivity index (χ4n) is 8.07. The summed E-state index contributed by atoms with van der Waals surface area (Å²) < 4.78 is 11.0. The topological polar surface area (TPSA) is 189 Å². The zero-order chi connectivity index (χ0) is 37.7. The zero-order valence-corrected chi connectivity index (χ0v) is 31.6. The quantitative estimate of drug-likeness (QED) is 0.196. The van der Waals surface area contributed by atoms with Crippen LogP contribution in [0.15, 0.2) is 10.6 Å². The minimum absolute atomic E-state index is 0.00821. The number of carbonyl (C=O) groups is 6. The van der Waals surface area contributed by atoms with Gasteiger partial charge >= 0.3 is 0 Å². The molecule has 5 amide bonds. The summed E-state index contributed by atoms with van der Waals surface area (Å²) in [5, 5.41) is 15.3. The minimum atomic E-state index is -0.991. The summed E-state index contributed by atoms with van der Waals surface area (Å²) in [6.45, 7) is 11.5. The highest BCUT2D eigenvalue weighted by atomic mass is 16.6. The van der Waals surface area contributed by atoms with Crippen LogP contribution in [0.25, 0.3) is 0 Å². The Morgan fingerprint density at radius 3 is 2.29 bits per heavy atom. The van der Waals surface area contributed by atoms with Crippen molar-refractivity contribution in [3.05, 3.63) is 11.8 Å². The van der Waals surface area contributed by atoms with Crippen LogP contribution in [0.4, 0.5) is 0 Å². The Morgan fingerprint density at radius 1 is 0.942 bits per heavy atom. The molecule has 5 rings (SSSR count). The molecule has 0 bridgehead atoms. The first-order chi connectivity index (χ1) is 24.7. The van der Waals surface area contributed by atoms with E-state index in [2.05, 4.69) is 26.4 Å². The van der Waals surface area contributed by atoms with E-state index >= 15 is 0 Å². The third kappa shape index (κ3) is 9.71. The van der Waals surface area contributed by atoms with Crippen LogP contribution in [-0.4, -0.2) is 87.7 Å². The molecule has 52 heavy (non-hydrogen) atoms. The van der Waals surface area contributed by atoms with Gasteiger partial charge in [0, 0.05) is 12.6 Å². The number of fused-ring (bicyclic) bond motifs is 1. The third-order valence-electron chi connectivity index (χ3n) is 10.8. The molecular formula is C38H58N6O8.